The number of anilines is 1. The number of rotatable bonds is 8. The molecule has 1 amide bonds. The summed E-state index contributed by atoms with van der Waals surface area (Å²) in [5, 5.41) is 0.465. The molecule has 0 fully saturated rings. The molecule has 4 aromatic rings. The van der Waals surface area contributed by atoms with Crippen LogP contribution in [-0.4, -0.2) is 19.1 Å². The number of carbonyl (C=O) groups is 1. The van der Waals surface area contributed by atoms with Crippen LogP contribution in [0.1, 0.15) is 66.0 Å². The minimum atomic E-state index is -0.671. The van der Waals surface area contributed by atoms with Crippen LogP contribution >= 0.6 is 0 Å². The maximum Gasteiger partial charge on any atom is 0.295 e. The van der Waals surface area contributed by atoms with E-state index in [4.69, 9.17) is 13.9 Å². The van der Waals surface area contributed by atoms with E-state index in [9.17, 15) is 9.59 Å². The van der Waals surface area contributed by atoms with E-state index in [1.165, 1.54) is 0 Å². The van der Waals surface area contributed by atoms with Gasteiger partial charge >= 0.3 is 0 Å². The van der Waals surface area contributed by atoms with Crippen molar-refractivity contribution >= 4 is 22.6 Å². The molecule has 1 atom stereocenters. The minimum absolute atomic E-state index is 0.0789. The van der Waals surface area contributed by atoms with Crippen molar-refractivity contribution in [2.45, 2.75) is 46.6 Å². The van der Waals surface area contributed by atoms with Gasteiger partial charge in [0, 0.05) is 5.69 Å². The Bertz CT molecular complexity index is 1520. The topological polar surface area (TPSA) is 69.0 Å². The smallest absolute Gasteiger partial charge is 0.295 e. The molecule has 37 heavy (non-hydrogen) atoms. The number of aryl methyl sites for hydroxylation is 2. The lowest BCUT2D eigenvalue weighted by atomic mass is 9.97. The molecule has 6 nitrogen and oxygen atoms in total. The first kappa shape index (κ1) is 24.6. The first-order chi connectivity index (χ1) is 18.0. The van der Waals surface area contributed by atoms with Crippen LogP contribution in [-0.2, 0) is 6.42 Å². The van der Waals surface area contributed by atoms with Crippen molar-refractivity contribution in [2.24, 2.45) is 0 Å². The molecule has 6 heteroatoms. The van der Waals surface area contributed by atoms with Crippen LogP contribution < -0.4 is 19.8 Å². The first-order valence-electron chi connectivity index (χ1n) is 12.9. The monoisotopic (exact) mass is 497 g/mol. The molecule has 1 aromatic heterocycles. The van der Waals surface area contributed by atoms with Crippen LogP contribution in [0.4, 0.5) is 5.69 Å². The Morgan fingerprint density at radius 1 is 0.892 bits per heavy atom. The summed E-state index contributed by atoms with van der Waals surface area (Å²) in [5.74, 6) is 0.956. The number of benzene rings is 3. The van der Waals surface area contributed by atoms with Crippen LogP contribution in [0.3, 0.4) is 0 Å². The summed E-state index contributed by atoms with van der Waals surface area (Å²) in [7, 11) is 0. The average molecular weight is 498 g/mol. The number of nitrogens with zero attached hydrogens (tertiary/aromatic N) is 1. The Labute approximate surface area is 216 Å². The van der Waals surface area contributed by atoms with Gasteiger partial charge in [0.25, 0.3) is 5.91 Å². The molecule has 0 spiro atoms. The lowest BCUT2D eigenvalue weighted by molar-refractivity contribution is 0.0971. The second kappa shape index (κ2) is 10.1. The summed E-state index contributed by atoms with van der Waals surface area (Å²) >= 11 is 0. The van der Waals surface area contributed by atoms with Gasteiger partial charge in [-0.2, -0.15) is 0 Å². The zero-order valence-electron chi connectivity index (χ0n) is 21.7. The number of fused-ring (bicyclic) bond motifs is 2. The van der Waals surface area contributed by atoms with Crippen molar-refractivity contribution in [3.63, 3.8) is 0 Å². The molecule has 5 rings (SSSR count). The third-order valence-corrected chi connectivity index (χ3v) is 6.69. The number of carbonyl (C=O) groups excluding carboxylic acids is 1. The van der Waals surface area contributed by atoms with Crippen LogP contribution in [0.25, 0.3) is 11.0 Å². The Morgan fingerprint density at radius 2 is 1.68 bits per heavy atom. The van der Waals surface area contributed by atoms with Gasteiger partial charge in [0.15, 0.2) is 16.9 Å². The summed E-state index contributed by atoms with van der Waals surface area (Å²) in [5.41, 5.74) is 4.10. The number of amides is 1. The van der Waals surface area contributed by atoms with Crippen molar-refractivity contribution in [3.05, 3.63) is 98.9 Å². The molecule has 0 bridgehead atoms. The van der Waals surface area contributed by atoms with Crippen molar-refractivity contribution in [3.8, 4) is 11.5 Å². The van der Waals surface area contributed by atoms with Crippen molar-refractivity contribution < 1.29 is 18.7 Å². The third kappa shape index (κ3) is 4.37. The Morgan fingerprint density at radius 3 is 2.38 bits per heavy atom. The molecule has 0 aliphatic carbocycles. The van der Waals surface area contributed by atoms with Gasteiger partial charge in [-0.05, 0) is 74.2 Å². The lowest BCUT2D eigenvalue weighted by Crippen LogP contribution is -2.29. The molecule has 1 aliphatic rings. The lowest BCUT2D eigenvalue weighted by Gasteiger charge is -2.26. The Balaban J connectivity index is 1.74. The molecule has 3 aromatic carbocycles. The normalized spacial score (nSPS) is 14.8. The van der Waals surface area contributed by atoms with E-state index in [0.29, 0.717) is 46.9 Å². The SMILES string of the molecule is CCCOc1ccc(C2c3c(oc4ccc(C)cc4c3=O)C(=O)N2c2ccc(CC)cc2)cc1OCC. The average Bonchev–Trinajstić information content (AvgIpc) is 3.21. The first-order valence-corrected chi connectivity index (χ1v) is 12.9. The van der Waals surface area contributed by atoms with E-state index in [1.54, 1.807) is 11.0 Å². The highest BCUT2D eigenvalue weighted by molar-refractivity contribution is 6.10. The molecule has 1 unspecified atom stereocenters. The summed E-state index contributed by atoms with van der Waals surface area (Å²) in [6.07, 6.45) is 1.76. The minimum Gasteiger partial charge on any atom is -0.490 e. The van der Waals surface area contributed by atoms with E-state index in [0.717, 1.165) is 29.5 Å². The van der Waals surface area contributed by atoms with E-state index in [-0.39, 0.29) is 17.1 Å². The predicted octanol–water partition coefficient (Wildman–Crippen LogP) is 6.60. The van der Waals surface area contributed by atoms with Gasteiger partial charge in [0.05, 0.1) is 30.2 Å². The number of hydrogen-bond acceptors (Lipinski definition) is 5. The molecule has 0 N–H and O–H groups in total. The summed E-state index contributed by atoms with van der Waals surface area (Å²) in [4.78, 5) is 29.4. The summed E-state index contributed by atoms with van der Waals surface area (Å²) in [6, 6.07) is 18.2. The quantitative estimate of drug-likeness (QED) is 0.274. The highest BCUT2D eigenvalue weighted by atomic mass is 16.5. The Kier molecular flexibility index (Phi) is 6.74. The third-order valence-electron chi connectivity index (χ3n) is 6.69. The predicted molar refractivity (Wildman–Crippen MR) is 145 cm³/mol. The van der Waals surface area contributed by atoms with E-state index in [1.807, 2.05) is 75.4 Å². The molecule has 1 aliphatic heterocycles. The van der Waals surface area contributed by atoms with Gasteiger partial charge in [-0.25, -0.2) is 0 Å². The molecular formula is C31H31NO5. The van der Waals surface area contributed by atoms with E-state index in [2.05, 4.69) is 6.92 Å². The second-order valence-electron chi connectivity index (χ2n) is 9.26. The van der Waals surface area contributed by atoms with Crippen molar-refractivity contribution in [1.82, 2.24) is 0 Å². The Hall–Kier alpha value is -4.06. The number of ether oxygens (including phenoxy) is 2. The molecular weight excluding hydrogens is 466 g/mol. The molecule has 190 valence electrons. The van der Waals surface area contributed by atoms with Crippen LogP contribution in [0.15, 0.2) is 69.9 Å². The summed E-state index contributed by atoms with van der Waals surface area (Å²) < 4.78 is 17.9. The fraction of sp³-hybridized carbons (Fsp3) is 0.290. The highest BCUT2D eigenvalue weighted by Gasteiger charge is 2.44. The maximum atomic E-state index is 13.9. The standard InChI is InChI=1S/C31H31NO5/c1-5-16-36-25-15-11-21(18-26(25)35-7-3)28-27-29(33)23-17-19(4)8-14-24(23)37-30(27)31(34)32(28)22-12-9-20(6-2)10-13-22/h8-15,17-18,28H,5-7,16H2,1-4H3. The molecule has 2 heterocycles. The van der Waals surface area contributed by atoms with Gasteiger partial charge in [-0.3, -0.25) is 14.5 Å². The van der Waals surface area contributed by atoms with Crippen LogP contribution in [0, 0.1) is 6.92 Å². The van der Waals surface area contributed by atoms with Gasteiger partial charge in [0.1, 0.15) is 5.58 Å². The van der Waals surface area contributed by atoms with E-state index >= 15 is 0 Å². The molecule has 0 radical (unpaired) electrons. The zero-order valence-corrected chi connectivity index (χ0v) is 21.7. The highest BCUT2D eigenvalue weighted by Crippen LogP contribution is 2.43. The van der Waals surface area contributed by atoms with Gasteiger partial charge in [-0.1, -0.05) is 43.7 Å². The number of hydrogen-bond donors (Lipinski definition) is 0. The van der Waals surface area contributed by atoms with Crippen LogP contribution in [0.5, 0.6) is 11.5 Å². The molecule has 0 saturated carbocycles. The molecule has 0 saturated heterocycles. The maximum absolute atomic E-state index is 13.9. The van der Waals surface area contributed by atoms with Gasteiger partial charge in [0.2, 0.25) is 5.76 Å². The van der Waals surface area contributed by atoms with Crippen LogP contribution in [0.2, 0.25) is 0 Å². The zero-order chi connectivity index (χ0) is 26.1. The van der Waals surface area contributed by atoms with Crippen molar-refractivity contribution in [2.75, 3.05) is 18.1 Å². The van der Waals surface area contributed by atoms with Gasteiger partial charge < -0.3 is 13.9 Å². The fourth-order valence-electron chi connectivity index (χ4n) is 4.85. The van der Waals surface area contributed by atoms with Gasteiger partial charge in [-0.15, -0.1) is 0 Å². The summed E-state index contributed by atoms with van der Waals surface area (Å²) in [6.45, 7) is 9.00. The largest absolute Gasteiger partial charge is 0.490 e. The van der Waals surface area contributed by atoms with E-state index < -0.39 is 6.04 Å². The fourth-order valence-corrected chi connectivity index (χ4v) is 4.85. The van der Waals surface area contributed by atoms with Crippen molar-refractivity contribution in [1.29, 1.82) is 0 Å². The second-order valence-corrected chi connectivity index (χ2v) is 9.26.